The second-order valence-electron chi connectivity index (χ2n) is 5.87. The van der Waals surface area contributed by atoms with Crippen molar-refractivity contribution in [1.29, 1.82) is 0 Å². The molecule has 0 aliphatic heterocycles. The Labute approximate surface area is 153 Å². The van der Waals surface area contributed by atoms with Crippen molar-refractivity contribution in [2.24, 2.45) is 0 Å². The van der Waals surface area contributed by atoms with E-state index < -0.39 is 4.92 Å². The van der Waals surface area contributed by atoms with E-state index in [0.29, 0.717) is 22.5 Å². The van der Waals surface area contributed by atoms with Gasteiger partial charge in [-0.25, -0.2) is 0 Å². The van der Waals surface area contributed by atoms with Gasteiger partial charge < -0.3 is 9.84 Å². The minimum atomic E-state index is -0.490. The third-order valence-electron chi connectivity index (χ3n) is 4.11. The van der Waals surface area contributed by atoms with Crippen LogP contribution in [0.15, 0.2) is 77.3 Å². The van der Waals surface area contributed by atoms with Gasteiger partial charge in [0.2, 0.25) is 0 Å². The highest BCUT2D eigenvalue weighted by molar-refractivity contribution is 6.07. The zero-order valence-electron chi connectivity index (χ0n) is 14.0. The Morgan fingerprint density at radius 3 is 2.44 bits per heavy atom. The molecule has 1 aromatic heterocycles. The third-order valence-corrected chi connectivity index (χ3v) is 4.11. The highest BCUT2D eigenvalue weighted by Crippen LogP contribution is 2.29. The maximum atomic E-state index is 12.6. The molecular formula is C20H13N3O4. The van der Waals surface area contributed by atoms with Crippen molar-refractivity contribution >= 4 is 28.2 Å². The van der Waals surface area contributed by atoms with Gasteiger partial charge in [-0.15, -0.1) is 0 Å². The van der Waals surface area contributed by atoms with Crippen LogP contribution in [-0.2, 0) is 0 Å². The molecule has 7 nitrogen and oxygen atoms in total. The van der Waals surface area contributed by atoms with Crippen molar-refractivity contribution in [2.75, 3.05) is 5.32 Å². The molecule has 0 fully saturated rings. The average molecular weight is 359 g/mol. The molecule has 7 heteroatoms. The summed E-state index contributed by atoms with van der Waals surface area (Å²) in [6.45, 7) is 0. The molecule has 4 rings (SSSR count). The Bertz CT molecular complexity index is 1140. The van der Waals surface area contributed by atoms with Gasteiger partial charge in [-0.3, -0.25) is 14.9 Å². The van der Waals surface area contributed by atoms with Crippen molar-refractivity contribution in [2.45, 2.75) is 0 Å². The van der Waals surface area contributed by atoms with Gasteiger partial charge in [0.05, 0.1) is 10.3 Å². The van der Waals surface area contributed by atoms with Crippen LogP contribution in [0, 0.1) is 10.1 Å². The number of nitrogens with zero attached hydrogens (tertiary/aromatic N) is 2. The first-order valence-electron chi connectivity index (χ1n) is 8.12. The van der Waals surface area contributed by atoms with E-state index in [1.54, 1.807) is 18.2 Å². The molecule has 132 valence electrons. The topological polar surface area (TPSA) is 98.3 Å². The second kappa shape index (κ2) is 6.72. The number of amides is 1. The van der Waals surface area contributed by atoms with Gasteiger partial charge in [-0.2, -0.15) is 0 Å². The SMILES string of the molecule is O=C(Nc1ccc([N+](=O)[O-])cc1)c1ccc2noc(-c3ccccc3)c2c1. The summed E-state index contributed by atoms with van der Waals surface area (Å²) in [5.74, 6) is 0.265. The molecule has 0 saturated heterocycles. The van der Waals surface area contributed by atoms with Gasteiger partial charge in [0, 0.05) is 28.9 Å². The van der Waals surface area contributed by atoms with Crippen LogP contribution in [0.1, 0.15) is 10.4 Å². The van der Waals surface area contributed by atoms with Crippen molar-refractivity contribution in [1.82, 2.24) is 5.16 Å². The van der Waals surface area contributed by atoms with Crippen molar-refractivity contribution < 1.29 is 14.2 Å². The van der Waals surface area contributed by atoms with Crippen molar-refractivity contribution in [3.05, 3.63) is 88.5 Å². The number of aromatic nitrogens is 1. The molecule has 1 amide bonds. The van der Waals surface area contributed by atoms with E-state index in [1.807, 2.05) is 30.3 Å². The summed E-state index contributed by atoms with van der Waals surface area (Å²) in [5.41, 5.74) is 2.39. The van der Waals surface area contributed by atoms with Gasteiger partial charge in [-0.1, -0.05) is 35.5 Å². The van der Waals surface area contributed by atoms with Crippen molar-refractivity contribution in [3.63, 3.8) is 0 Å². The molecule has 27 heavy (non-hydrogen) atoms. The first-order valence-corrected chi connectivity index (χ1v) is 8.12. The van der Waals surface area contributed by atoms with Crippen LogP contribution in [0.3, 0.4) is 0 Å². The largest absolute Gasteiger partial charge is 0.355 e. The van der Waals surface area contributed by atoms with E-state index in [1.165, 1.54) is 24.3 Å². The first kappa shape index (κ1) is 16.5. The second-order valence-corrected chi connectivity index (χ2v) is 5.87. The minimum absolute atomic E-state index is 0.0357. The summed E-state index contributed by atoms with van der Waals surface area (Å²) in [6, 6.07) is 20.3. The number of non-ortho nitro benzene ring substituents is 1. The summed E-state index contributed by atoms with van der Waals surface area (Å²) in [4.78, 5) is 22.8. The van der Waals surface area contributed by atoms with Crippen LogP contribution in [0.5, 0.6) is 0 Å². The predicted octanol–water partition coefficient (Wildman–Crippen LogP) is 4.66. The Morgan fingerprint density at radius 2 is 1.74 bits per heavy atom. The molecule has 0 radical (unpaired) electrons. The molecule has 0 atom stereocenters. The fraction of sp³-hybridized carbons (Fsp3) is 0. The van der Waals surface area contributed by atoms with E-state index in [4.69, 9.17) is 4.52 Å². The number of hydrogen-bond acceptors (Lipinski definition) is 5. The number of carbonyl (C=O) groups excluding carboxylic acids is 1. The Balaban J connectivity index is 1.63. The standard InChI is InChI=1S/C20H13N3O4/c24-20(21-15-7-9-16(10-8-15)23(25)26)14-6-11-18-17(12-14)19(27-22-18)13-4-2-1-3-5-13/h1-12H,(H,21,24). The van der Waals surface area contributed by atoms with Crippen LogP contribution in [0.4, 0.5) is 11.4 Å². The lowest BCUT2D eigenvalue weighted by Crippen LogP contribution is -2.11. The van der Waals surface area contributed by atoms with Crippen LogP contribution in [0.25, 0.3) is 22.2 Å². The predicted molar refractivity (Wildman–Crippen MR) is 100 cm³/mol. The molecule has 0 bridgehead atoms. The van der Waals surface area contributed by atoms with Gasteiger partial charge in [-0.05, 0) is 30.3 Å². The summed E-state index contributed by atoms with van der Waals surface area (Å²) < 4.78 is 5.44. The molecule has 0 unspecified atom stereocenters. The molecule has 0 aliphatic carbocycles. The minimum Gasteiger partial charge on any atom is -0.355 e. The van der Waals surface area contributed by atoms with Gasteiger partial charge in [0.15, 0.2) is 5.76 Å². The third kappa shape index (κ3) is 3.25. The Kier molecular flexibility index (Phi) is 4.10. The lowest BCUT2D eigenvalue weighted by Gasteiger charge is -2.05. The Hall–Kier alpha value is -4.00. The van der Waals surface area contributed by atoms with Gasteiger partial charge in [0.1, 0.15) is 5.52 Å². The molecule has 0 spiro atoms. The lowest BCUT2D eigenvalue weighted by molar-refractivity contribution is -0.384. The highest BCUT2D eigenvalue weighted by atomic mass is 16.6. The fourth-order valence-corrected chi connectivity index (χ4v) is 2.75. The summed E-state index contributed by atoms with van der Waals surface area (Å²) in [5, 5.41) is 18.2. The zero-order chi connectivity index (χ0) is 18.8. The number of benzene rings is 3. The highest BCUT2D eigenvalue weighted by Gasteiger charge is 2.14. The van der Waals surface area contributed by atoms with Gasteiger partial charge in [0.25, 0.3) is 11.6 Å². The lowest BCUT2D eigenvalue weighted by atomic mass is 10.1. The molecule has 0 saturated carbocycles. The molecule has 0 aliphatic rings. The number of nitro benzene ring substituents is 1. The number of anilines is 1. The Morgan fingerprint density at radius 1 is 1.00 bits per heavy atom. The van der Waals surface area contributed by atoms with Crippen LogP contribution < -0.4 is 5.32 Å². The number of carbonyl (C=O) groups is 1. The number of fused-ring (bicyclic) bond motifs is 1. The van der Waals surface area contributed by atoms with Crippen molar-refractivity contribution in [3.8, 4) is 11.3 Å². The number of nitro groups is 1. The van der Waals surface area contributed by atoms with E-state index in [0.717, 1.165) is 10.9 Å². The van der Waals surface area contributed by atoms with Crippen LogP contribution in [-0.4, -0.2) is 16.0 Å². The van der Waals surface area contributed by atoms with E-state index >= 15 is 0 Å². The van der Waals surface area contributed by atoms with E-state index in [9.17, 15) is 14.9 Å². The molecule has 1 heterocycles. The summed E-state index contributed by atoms with van der Waals surface area (Å²) in [7, 11) is 0. The van der Waals surface area contributed by atoms with Crippen LogP contribution >= 0.6 is 0 Å². The molecule has 4 aromatic rings. The summed E-state index contributed by atoms with van der Waals surface area (Å²) in [6.07, 6.45) is 0. The monoisotopic (exact) mass is 359 g/mol. The number of rotatable bonds is 4. The smallest absolute Gasteiger partial charge is 0.269 e. The quantitative estimate of drug-likeness (QED) is 0.422. The maximum absolute atomic E-state index is 12.6. The molecular weight excluding hydrogens is 346 g/mol. The van der Waals surface area contributed by atoms with Crippen LogP contribution in [0.2, 0.25) is 0 Å². The average Bonchev–Trinajstić information content (AvgIpc) is 3.12. The molecule has 1 N–H and O–H groups in total. The maximum Gasteiger partial charge on any atom is 0.269 e. The number of nitrogens with one attached hydrogen (secondary N) is 1. The summed E-state index contributed by atoms with van der Waals surface area (Å²) >= 11 is 0. The zero-order valence-corrected chi connectivity index (χ0v) is 14.0. The molecule has 3 aromatic carbocycles. The first-order chi connectivity index (χ1) is 13.1. The van der Waals surface area contributed by atoms with E-state index in [2.05, 4.69) is 10.5 Å². The fourth-order valence-electron chi connectivity index (χ4n) is 2.75. The van der Waals surface area contributed by atoms with Gasteiger partial charge >= 0.3 is 0 Å². The number of hydrogen-bond donors (Lipinski definition) is 1. The normalized spacial score (nSPS) is 10.7. The van der Waals surface area contributed by atoms with E-state index in [-0.39, 0.29) is 11.6 Å².